The summed E-state index contributed by atoms with van der Waals surface area (Å²) < 4.78 is 3.16. The maximum Gasteiger partial charge on any atom is 0.405 e. The van der Waals surface area contributed by atoms with Gasteiger partial charge in [0.1, 0.15) is 12.1 Å². The number of primary amides is 1. The summed E-state index contributed by atoms with van der Waals surface area (Å²) in [5.74, 6) is -1.71. The van der Waals surface area contributed by atoms with E-state index >= 15 is 9.59 Å². The molecule has 0 aliphatic rings. The largest absolute Gasteiger partial charge is 0.435 e. The van der Waals surface area contributed by atoms with Crippen LogP contribution in [-0.2, 0) is 33.4 Å². The predicted octanol–water partition coefficient (Wildman–Crippen LogP) is 12.7. The van der Waals surface area contributed by atoms with Crippen molar-refractivity contribution in [2.75, 3.05) is 23.8 Å². The van der Waals surface area contributed by atoms with Gasteiger partial charge in [0.05, 0.1) is 14.2 Å². The lowest BCUT2D eigenvalue weighted by Gasteiger charge is -2.37. The molecule has 0 heterocycles. The summed E-state index contributed by atoms with van der Waals surface area (Å²) in [5, 5.41) is 9.21. The van der Waals surface area contributed by atoms with Crippen molar-refractivity contribution in [3.05, 3.63) is 323 Å². The zero-order valence-electron chi connectivity index (χ0n) is 44.9. The first-order valence-electron chi connectivity index (χ1n) is 26.9. The average molecular weight is 1130 g/mol. The molecule has 0 spiro atoms. The molecule has 408 valence electrons. The second kappa shape index (κ2) is 27.7. The lowest BCUT2D eigenvalue weighted by Crippen LogP contribution is -2.57. The number of carbonyl (C=O) groups excluding carboxylic acids is 4. The van der Waals surface area contributed by atoms with Gasteiger partial charge >= 0.3 is 6.09 Å². The van der Waals surface area contributed by atoms with E-state index in [1.54, 1.807) is 11.8 Å². The maximum atomic E-state index is 15.7. The SMILES string of the molecule is CCNC(=O)[C@@H](CSC(c1ccccc1)(c1ccccc1)c1ccccc1)NC(=O)[C@@H](CSC(c1ccccc1)(c1ccccc1)c1ccccc1)NC(=O)[C@@H](CSC(c1ccccc1)(c1ccccc1)c1ccccc1)OC(N)=O. The Morgan fingerprint density at radius 3 is 0.815 bits per heavy atom. The van der Waals surface area contributed by atoms with Gasteiger partial charge in [0, 0.05) is 23.8 Å². The second-order valence-corrected chi connectivity index (χ2v) is 22.9. The Morgan fingerprint density at radius 2 is 0.580 bits per heavy atom. The molecule has 0 saturated heterocycles. The molecule has 12 heteroatoms. The van der Waals surface area contributed by atoms with E-state index in [1.807, 2.05) is 207 Å². The highest BCUT2D eigenvalue weighted by Crippen LogP contribution is 2.51. The van der Waals surface area contributed by atoms with Crippen molar-refractivity contribution >= 4 is 59.1 Å². The fourth-order valence-electron chi connectivity index (χ4n) is 10.4. The molecule has 9 aromatic rings. The zero-order chi connectivity index (χ0) is 56.3. The number of hydrogen-bond donors (Lipinski definition) is 4. The molecule has 4 amide bonds. The molecule has 0 aliphatic heterocycles. The van der Waals surface area contributed by atoms with E-state index in [4.69, 9.17) is 10.5 Å². The lowest BCUT2D eigenvalue weighted by atomic mass is 9.84. The highest BCUT2D eigenvalue weighted by atomic mass is 32.2. The summed E-state index contributed by atoms with van der Waals surface area (Å²) in [6.45, 7) is 2.14. The summed E-state index contributed by atoms with van der Waals surface area (Å²) in [6, 6.07) is 88.2. The summed E-state index contributed by atoms with van der Waals surface area (Å²) in [6.07, 6.45) is -2.64. The van der Waals surface area contributed by atoms with Gasteiger partial charge < -0.3 is 26.4 Å². The molecule has 0 saturated carbocycles. The van der Waals surface area contributed by atoms with Crippen LogP contribution in [0.5, 0.6) is 0 Å². The molecule has 9 nitrogen and oxygen atoms in total. The molecule has 0 fully saturated rings. The van der Waals surface area contributed by atoms with Crippen molar-refractivity contribution < 1.29 is 23.9 Å². The monoisotopic (exact) mass is 1120 g/mol. The van der Waals surface area contributed by atoms with Crippen molar-refractivity contribution in [2.24, 2.45) is 5.73 Å². The third kappa shape index (κ3) is 13.2. The molecule has 9 rings (SSSR count). The minimum absolute atomic E-state index is 0.00802. The number of benzene rings is 9. The molecule has 0 aromatic heterocycles. The third-order valence-corrected chi connectivity index (χ3v) is 19.1. The number of hydrogen-bond acceptors (Lipinski definition) is 8. The van der Waals surface area contributed by atoms with Crippen LogP contribution in [0.15, 0.2) is 273 Å². The van der Waals surface area contributed by atoms with Crippen LogP contribution in [0.3, 0.4) is 0 Å². The van der Waals surface area contributed by atoms with Crippen LogP contribution in [0.4, 0.5) is 4.79 Å². The van der Waals surface area contributed by atoms with Gasteiger partial charge in [0.15, 0.2) is 6.10 Å². The van der Waals surface area contributed by atoms with Crippen LogP contribution in [0.1, 0.15) is 57.0 Å². The third-order valence-electron chi connectivity index (χ3n) is 14.2. The Bertz CT molecular complexity index is 3120. The van der Waals surface area contributed by atoms with E-state index < -0.39 is 56.2 Å². The Hall–Kier alpha value is -8.29. The molecule has 0 bridgehead atoms. The Balaban J connectivity index is 1.12. The molecule has 0 unspecified atom stereocenters. The van der Waals surface area contributed by atoms with Crippen LogP contribution in [0.25, 0.3) is 0 Å². The molecule has 9 aromatic carbocycles. The zero-order valence-corrected chi connectivity index (χ0v) is 47.3. The van der Waals surface area contributed by atoms with Crippen molar-refractivity contribution in [3.8, 4) is 0 Å². The number of thioether (sulfide) groups is 3. The topological polar surface area (TPSA) is 140 Å². The van der Waals surface area contributed by atoms with Gasteiger partial charge in [-0.25, -0.2) is 4.79 Å². The van der Waals surface area contributed by atoms with E-state index in [0.717, 1.165) is 50.1 Å². The van der Waals surface area contributed by atoms with Gasteiger partial charge in [-0.1, -0.05) is 273 Å². The van der Waals surface area contributed by atoms with Crippen LogP contribution in [-0.4, -0.2) is 65.8 Å². The van der Waals surface area contributed by atoms with Crippen molar-refractivity contribution in [2.45, 2.75) is 39.4 Å². The highest BCUT2D eigenvalue weighted by Gasteiger charge is 2.43. The molecule has 5 N–H and O–H groups in total. The highest BCUT2D eigenvalue weighted by molar-refractivity contribution is 8.01. The van der Waals surface area contributed by atoms with Gasteiger partial charge in [-0.3, -0.25) is 14.4 Å². The minimum Gasteiger partial charge on any atom is -0.435 e. The fraction of sp³-hybridized carbons (Fsp3) is 0.159. The van der Waals surface area contributed by atoms with Crippen LogP contribution < -0.4 is 21.7 Å². The van der Waals surface area contributed by atoms with E-state index in [1.165, 1.54) is 23.5 Å². The smallest absolute Gasteiger partial charge is 0.405 e. The van der Waals surface area contributed by atoms with E-state index in [0.29, 0.717) is 6.54 Å². The normalized spacial score (nSPS) is 12.7. The number of nitrogens with one attached hydrogen (secondary N) is 3. The number of likely N-dealkylation sites (N-methyl/N-ethyl adjacent to an activating group) is 1. The quantitative estimate of drug-likeness (QED) is 0.0415. The number of nitrogens with two attached hydrogens (primary N) is 1. The van der Waals surface area contributed by atoms with Gasteiger partial charge in [0.25, 0.3) is 5.91 Å². The van der Waals surface area contributed by atoms with Gasteiger partial charge in [-0.15, -0.1) is 35.3 Å². The van der Waals surface area contributed by atoms with Gasteiger partial charge in [0.2, 0.25) is 11.8 Å². The number of ether oxygens (including phenoxy) is 1. The van der Waals surface area contributed by atoms with E-state index in [2.05, 4.69) is 88.7 Å². The maximum absolute atomic E-state index is 15.7. The van der Waals surface area contributed by atoms with E-state index in [-0.39, 0.29) is 17.3 Å². The first-order chi connectivity index (χ1) is 39.7. The first-order valence-corrected chi connectivity index (χ1v) is 29.9. The number of amides is 4. The average Bonchev–Trinajstić information content (AvgIpc) is 3.71. The van der Waals surface area contributed by atoms with Crippen LogP contribution in [0.2, 0.25) is 0 Å². The molecular weight excluding hydrogens is 1060 g/mol. The summed E-state index contributed by atoms with van der Waals surface area (Å²) in [7, 11) is 0. The van der Waals surface area contributed by atoms with Crippen molar-refractivity contribution in [3.63, 3.8) is 0 Å². The Labute approximate surface area is 487 Å². The summed E-state index contributed by atoms with van der Waals surface area (Å²) >= 11 is 4.44. The van der Waals surface area contributed by atoms with Crippen molar-refractivity contribution in [1.29, 1.82) is 0 Å². The predicted molar refractivity (Wildman–Crippen MR) is 332 cm³/mol. The Morgan fingerprint density at radius 1 is 0.358 bits per heavy atom. The van der Waals surface area contributed by atoms with Crippen molar-refractivity contribution in [1.82, 2.24) is 16.0 Å². The van der Waals surface area contributed by atoms with Crippen LogP contribution in [0, 0.1) is 0 Å². The number of carbonyl (C=O) groups is 4. The minimum atomic E-state index is -1.48. The molecule has 0 aliphatic carbocycles. The summed E-state index contributed by atoms with van der Waals surface area (Å²) in [5.41, 5.74) is 14.4. The van der Waals surface area contributed by atoms with Gasteiger partial charge in [-0.2, -0.15) is 0 Å². The van der Waals surface area contributed by atoms with Crippen LogP contribution >= 0.6 is 35.3 Å². The second-order valence-electron chi connectivity index (χ2n) is 19.2. The molecule has 81 heavy (non-hydrogen) atoms. The van der Waals surface area contributed by atoms with Gasteiger partial charge in [-0.05, 0) is 57.0 Å². The Kier molecular flexibility index (Phi) is 19.6. The molecule has 0 radical (unpaired) electrons. The standard InChI is InChI=1S/C69H64N4O5S3/c1-2-71-63(74)60(48-79-67(51-30-12-3-13-31-51,52-32-14-4-15-33-52)53-34-16-5-17-35-53)72-64(75)61(49-80-68(54-36-18-6-19-37-54,55-38-20-7-21-39-55)56-40-22-8-23-41-56)73-65(76)62(78-66(70)77)50-81-69(57-42-24-9-25-43-57,58-44-26-10-27-45-58)59-46-28-11-29-47-59/h3-47,60-62H,2,48-50H2,1H3,(H2,70,77)(H,71,74)(H,72,75)(H,73,76)/t60-,61-,62-/m1/s1. The van der Waals surface area contributed by atoms with E-state index in [9.17, 15) is 9.59 Å². The summed E-state index contributed by atoms with van der Waals surface area (Å²) in [4.78, 5) is 58.7. The molecule has 3 atom stereocenters. The first kappa shape index (κ1) is 57.4. The number of rotatable bonds is 25. The lowest BCUT2D eigenvalue weighted by molar-refractivity contribution is -0.134. The molecular formula is C69H64N4O5S3. The fourth-order valence-corrected chi connectivity index (χ4v) is 15.1.